The summed E-state index contributed by atoms with van der Waals surface area (Å²) >= 11 is 6.00. The standard InChI is InChI=1S/C24H23ClF4N2O6/c1-4-12(2)19(20(32)33)30-22(35)37-11-31-17-9-13(24(27,28)29)5-7-15(17)23(26,21(31)34)16-10-14(25)6-8-18(16)36-3/h5-10,12,19H,4,11H2,1-3H3,(H,30,35)(H,32,33)/t12-,19-,23-/m0/s1. The maximum Gasteiger partial charge on any atom is 0.416 e. The Balaban J connectivity index is 2.02. The van der Waals surface area contributed by atoms with E-state index in [1.807, 2.05) is 0 Å². The fraction of sp³-hybridized carbons (Fsp3) is 0.375. The summed E-state index contributed by atoms with van der Waals surface area (Å²) in [4.78, 5) is 37.7. The summed E-state index contributed by atoms with van der Waals surface area (Å²) in [7, 11) is 1.21. The van der Waals surface area contributed by atoms with Gasteiger partial charge in [0.1, 0.15) is 11.8 Å². The molecule has 0 unspecified atom stereocenters. The molecule has 0 bridgehead atoms. The molecule has 8 nitrogen and oxygen atoms in total. The van der Waals surface area contributed by atoms with Gasteiger partial charge in [-0.3, -0.25) is 9.69 Å². The molecular formula is C24H23ClF4N2O6. The lowest BCUT2D eigenvalue weighted by molar-refractivity contribution is -0.141. The van der Waals surface area contributed by atoms with Crippen LogP contribution in [-0.4, -0.2) is 43.0 Å². The quantitative estimate of drug-likeness (QED) is 0.446. The molecule has 0 aromatic heterocycles. The first-order valence-electron chi connectivity index (χ1n) is 11.0. The molecule has 3 atom stereocenters. The number of halogens is 5. The van der Waals surface area contributed by atoms with Gasteiger partial charge in [-0.05, 0) is 36.2 Å². The number of carboxylic acid groups (broad SMARTS) is 1. The van der Waals surface area contributed by atoms with Crippen LogP contribution in [0.3, 0.4) is 0 Å². The smallest absolute Gasteiger partial charge is 0.416 e. The highest BCUT2D eigenvalue weighted by Crippen LogP contribution is 2.51. The van der Waals surface area contributed by atoms with Crippen molar-refractivity contribution in [1.82, 2.24) is 5.32 Å². The Kier molecular flexibility index (Phi) is 7.91. The Morgan fingerprint density at radius 1 is 1.19 bits per heavy atom. The molecule has 3 rings (SSSR count). The number of anilines is 1. The first-order chi connectivity index (χ1) is 17.2. The number of methoxy groups -OCH3 is 1. The third-order valence-corrected chi connectivity index (χ3v) is 6.37. The van der Waals surface area contributed by atoms with Gasteiger partial charge >= 0.3 is 18.2 Å². The Morgan fingerprint density at radius 2 is 1.86 bits per heavy atom. The molecule has 13 heteroatoms. The van der Waals surface area contributed by atoms with E-state index in [2.05, 4.69) is 5.32 Å². The summed E-state index contributed by atoms with van der Waals surface area (Å²) in [6.07, 6.45) is -5.67. The zero-order chi connectivity index (χ0) is 27.7. The first-order valence-corrected chi connectivity index (χ1v) is 11.4. The number of rotatable bonds is 8. The number of fused-ring (bicyclic) bond motifs is 1. The van der Waals surface area contributed by atoms with Gasteiger partial charge in [-0.2, -0.15) is 13.2 Å². The molecule has 0 spiro atoms. The Morgan fingerprint density at radius 3 is 2.43 bits per heavy atom. The lowest BCUT2D eigenvalue weighted by Gasteiger charge is -2.24. The third-order valence-electron chi connectivity index (χ3n) is 6.14. The summed E-state index contributed by atoms with van der Waals surface area (Å²) in [6, 6.07) is 4.46. The van der Waals surface area contributed by atoms with Gasteiger partial charge in [-0.1, -0.05) is 37.9 Å². The summed E-state index contributed by atoms with van der Waals surface area (Å²) in [5, 5.41) is 11.5. The van der Waals surface area contributed by atoms with E-state index >= 15 is 4.39 Å². The van der Waals surface area contributed by atoms with Crippen LogP contribution in [0.2, 0.25) is 5.02 Å². The van der Waals surface area contributed by atoms with E-state index in [1.54, 1.807) is 13.8 Å². The molecule has 0 radical (unpaired) electrons. The van der Waals surface area contributed by atoms with Crippen molar-refractivity contribution in [3.63, 3.8) is 0 Å². The maximum absolute atomic E-state index is 16.7. The van der Waals surface area contributed by atoms with Crippen LogP contribution < -0.4 is 15.0 Å². The number of nitrogens with zero attached hydrogens (tertiary/aromatic N) is 1. The fourth-order valence-corrected chi connectivity index (χ4v) is 4.12. The van der Waals surface area contributed by atoms with Gasteiger partial charge in [0.05, 0.1) is 18.4 Å². The van der Waals surface area contributed by atoms with Crippen molar-refractivity contribution in [2.24, 2.45) is 5.92 Å². The Labute approximate surface area is 214 Å². The van der Waals surface area contributed by atoms with Crippen molar-refractivity contribution in [2.45, 2.75) is 38.2 Å². The molecule has 37 heavy (non-hydrogen) atoms. The number of carboxylic acids is 1. The number of hydrogen-bond acceptors (Lipinski definition) is 5. The average Bonchev–Trinajstić information content (AvgIpc) is 3.06. The fourth-order valence-electron chi connectivity index (χ4n) is 3.95. The summed E-state index contributed by atoms with van der Waals surface area (Å²) in [5.74, 6) is -3.27. The van der Waals surface area contributed by atoms with Gasteiger partial charge in [0, 0.05) is 16.1 Å². The number of ether oxygens (including phenoxy) is 2. The molecule has 0 saturated carbocycles. The van der Waals surface area contributed by atoms with Gasteiger partial charge in [0.15, 0.2) is 6.73 Å². The van der Waals surface area contributed by atoms with Crippen LogP contribution in [0, 0.1) is 5.92 Å². The molecule has 1 heterocycles. The largest absolute Gasteiger partial charge is 0.496 e. The van der Waals surface area contributed by atoms with E-state index in [0.717, 1.165) is 12.1 Å². The first kappa shape index (κ1) is 28.0. The average molecular weight is 547 g/mol. The van der Waals surface area contributed by atoms with Gasteiger partial charge < -0.3 is 19.9 Å². The second-order valence-corrected chi connectivity index (χ2v) is 8.81. The molecule has 2 aromatic rings. The van der Waals surface area contributed by atoms with E-state index in [9.17, 15) is 32.7 Å². The van der Waals surface area contributed by atoms with Crippen LogP contribution in [0.5, 0.6) is 5.75 Å². The van der Waals surface area contributed by atoms with Crippen molar-refractivity contribution in [1.29, 1.82) is 0 Å². The van der Waals surface area contributed by atoms with Crippen LogP contribution in [0.15, 0.2) is 36.4 Å². The highest BCUT2D eigenvalue weighted by Gasteiger charge is 2.55. The molecule has 2 aromatic carbocycles. The highest BCUT2D eigenvalue weighted by molar-refractivity contribution is 6.30. The maximum atomic E-state index is 16.7. The molecule has 200 valence electrons. The predicted octanol–water partition coefficient (Wildman–Crippen LogP) is 5.11. The second kappa shape index (κ2) is 10.4. The lowest BCUT2D eigenvalue weighted by Crippen LogP contribution is -2.47. The molecule has 0 aliphatic carbocycles. The van der Waals surface area contributed by atoms with Crippen molar-refractivity contribution in [3.8, 4) is 5.75 Å². The number of amides is 2. The number of carbonyl (C=O) groups is 3. The van der Waals surface area contributed by atoms with Crippen molar-refractivity contribution < 1.29 is 46.5 Å². The Hall–Kier alpha value is -3.54. The van der Waals surface area contributed by atoms with Crippen molar-refractivity contribution in [2.75, 3.05) is 18.7 Å². The number of aliphatic carboxylic acids is 1. The molecule has 1 aliphatic heterocycles. The van der Waals surface area contributed by atoms with Crippen LogP contribution >= 0.6 is 11.6 Å². The van der Waals surface area contributed by atoms with E-state index in [0.29, 0.717) is 23.5 Å². The van der Waals surface area contributed by atoms with Crippen LogP contribution in [0.1, 0.15) is 37.0 Å². The monoisotopic (exact) mass is 546 g/mol. The highest BCUT2D eigenvalue weighted by atomic mass is 35.5. The van der Waals surface area contributed by atoms with Crippen LogP contribution in [0.25, 0.3) is 0 Å². The molecular weight excluding hydrogens is 524 g/mol. The van der Waals surface area contributed by atoms with Gasteiger partial charge in [-0.25, -0.2) is 14.0 Å². The number of alkyl halides is 4. The molecule has 0 saturated heterocycles. The molecule has 0 fully saturated rings. The zero-order valence-corrected chi connectivity index (χ0v) is 20.6. The summed E-state index contributed by atoms with van der Waals surface area (Å²) in [5.41, 5.74) is -5.50. The van der Waals surface area contributed by atoms with Gasteiger partial charge in [-0.15, -0.1) is 0 Å². The van der Waals surface area contributed by atoms with Crippen LogP contribution in [0.4, 0.5) is 28.0 Å². The third kappa shape index (κ3) is 5.29. The molecule has 1 aliphatic rings. The van der Waals surface area contributed by atoms with Crippen molar-refractivity contribution in [3.05, 3.63) is 58.1 Å². The van der Waals surface area contributed by atoms with E-state index in [4.69, 9.17) is 21.1 Å². The van der Waals surface area contributed by atoms with Crippen molar-refractivity contribution >= 4 is 35.3 Å². The number of hydrogen-bond donors (Lipinski definition) is 2. The molecule has 2 amide bonds. The number of alkyl carbamates (subject to hydrolysis) is 1. The van der Waals surface area contributed by atoms with Gasteiger partial charge in [0.2, 0.25) is 5.67 Å². The minimum Gasteiger partial charge on any atom is -0.496 e. The number of benzene rings is 2. The lowest BCUT2D eigenvalue weighted by atomic mass is 9.88. The normalized spacial score (nSPS) is 18.7. The molecule has 2 N–H and O–H groups in total. The van der Waals surface area contributed by atoms with Gasteiger partial charge in [0.25, 0.3) is 5.91 Å². The summed E-state index contributed by atoms with van der Waals surface area (Å²) in [6.45, 7) is 2.28. The second-order valence-electron chi connectivity index (χ2n) is 8.37. The summed E-state index contributed by atoms with van der Waals surface area (Å²) < 4.78 is 67.1. The number of nitrogens with one attached hydrogen (secondary N) is 1. The van der Waals surface area contributed by atoms with Crippen LogP contribution in [-0.2, 0) is 26.2 Å². The Bertz CT molecular complexity index is 1220. The van der Waals surface area contributed by atoms with E-state index in [1.165, 1.54) is 19.2 Å². The predicted molar refractivity (Wildman–Crippen MR) is 124 cm³/mol. The minimum atomic E-state index is -4.82. The topological polar surface area (TPSA) is 105 Å². The minimum absolute atomic E-state index is 0.0351. The number of carbonyl (C=O) groups excluding carboxylic acids is 2. The van der Waals surface area contributed by atoms with E-state index < -0.39 is 65.3 Å². The zero-order valence-electron chi connectivity index (χ0n) is 19.9. The SMILES string of the molecule is CC[C@H](C)[C@H](NC(=O)OCN1C(=O)[C@@](F)(c2cc(Cl)ccc2OC)c2ccc(C(F)(F)F)cc21)C(=O)O. The van der Waals surface area contributed by atoms with E-state index in [-0.39, 0.29) is 16.3 Å².